The summed E-state index contributed by atoms with van der Waals surface area (Å²) in [5.74, 6) is -0.853. The third-order valence-corrected chi connectivity index (χ3v) is 5.84. The fourth-order valence-electron chi connectivity index (χ4n) is 4.11. The smallest absolute Gasteiger partial charge is 0.267 e. The molecule has 1 atom stereocenters. The molecule has 4 heterocycles. The number of hydrogen-bond acceptors (Lipinski definition) is 5. The Balaban J connectivity index is 1.61. The van der Waals surface area contributed by atoms with Crippen LogP contribution in [0.15, 0.2) is 59.5 Å². The molecule has 1 saturated heterocycles. The number of rotatable bonds is 5. The molecular weight excluding hydrogens is 425 g/mol. The van der Waals surface area contributed by atoms with E-state index in [0.29, 0.717) is 24.4 Å². The fraction of sp³-hybridized carbons (Fsp3) is 0.250. The Hall–Kier alpha value is -3.85. The van der Waals surface area contributed by atoms with E-state index in [1.54, 1.807) is 41.1 Å². The molecule has 0 unspecified atom stereocenters. The number of halogens is 1. The Morgan fingerprint density at radius 1 is 1.24 bits per heavy atom. The van der Waals surface area contributed by atoms with E-state index in [1.807, 2.05) is 0 Å². The lowest BCUT2D eigenvalue weighted by molar-refractivity contribution is 0.0931. The molecule has 0 radical (unpaired) electrons. The SMILES string of the molecule is N=c1c(C(=O)NCc2ccc(F)cc2)cc2c(=O)n3ccccc3nc2n1C[C@H]1CCCO1. The van der Waals surface area contributed by atoms with Crippen molar-refractivity contribution in [1.82, 2.24) is 19.3 Å². The van der Waals surface area contributed by atoms with Gasteiger partial charge in [0.2, 0.25) is 0 Å². The van der Waals surface area contributed by atoms with Crippen molar-refractivity contribution in [2.24, 2.45) is 0 Å². The van der Waals surface area contributed by atoms with Gasteiger partial charge in [-0.05, 0) is 48.7 Å². The van der Waals surface area contributed by atoms with Gasteiger partial charge >= 0.3 is 0 Å². The van der Waals surface area contributed by atoms with Crippen LogP contribution in [0.4, 0.5) is 4.39 Å². The molecule has 8 nitrogen and oxygen atoms in total. The number of pyridine rings is 2. The normalized spacial score (nSPS) is 15.8. The second-order valence-corrected chi connectivity index (χ2v) is 8.04. The molecule has 0 aliphatic carbocycles. The van der Waals surface area contributed by atoms with Gasteiger partial charge in [-0.1, -0.05) is 18.2 Å². The highest BCUT2D eigenvalue weighted by Gasteiger charge is 2.22. The number of carbonyl (C=O) groups excluding carboxylic acids is 1. The summed E-state index contributed by atoms with van der Waals surface area (Å²) in [7, 11) is 0. The minimum atomic E-state index is -0.495. The molecule has 168 valence electrons. The molecule has 4 aromatic rings. The zero-order valence-corrected chi connectivity index (χ0v) is 17.8. The predicted molar refractivity (Wildman–Crippen MR) is 119 cm³/mol. The van der Waals surface area contributed by atoms with Crippen LogP contribution in [0.2, 0.25) is 0 Å². The molecule has 33 heavy (non-hydrogen) atoms. The van der Waals surface area contributed by atoms with E-state index in [-0.39, 0.29) is 40.5 Å². The lowest BCUT2D eigenvalue weighted by Crippen LogP contribution is -2.36. The standard InChI is InChI=1S/C24H22FN5O3/c25-16-8-6-15(7-9-16)13-27-23(31)18-12-19-22(28-20-5-1-2-10-29(20)24(19)32)30(21(18)26)14-17-4-3-11-33-17/h1-2,5-10,12,17,26H,3-4,11,13-14H2,(H,27,31)/t17-/m1/s1. The Bertz CT molecular complexity index is 1470. The van der Waals surface area contributed by atoms with Crippen LogP contribution in [0, 0.1) is 11.2 Å². The maximum atomic E-state index is 13.2. The molecule has 1 amide bonds. The summed E-state index contributed by atoms with van der Waals surface area (Å²) in [5, 5.41) is 11.8. The zero-order valence-electron chi connectivity index (χ0n) is 17.8. The summed E-state index contributed by atoms with van der Waals surface area (Å²) in [6.07, 6.45) is 3.27. The zero-order chi connectivity index (χ0) is 22.9. The first-order valence-corrected chi connectivity index (χ1v) is 10.7. The van der Waals surface area contributed by atoms with Gasteiger partial charge in [-0.3, -0.25) is 19.4 Å². The Morgan fingerprint density at radius 2 is 2.06 bits per heavy atom. The summed E-state index contributed by atoms with van der Waals surface area (Å²) in [4.78, 5) is 30.9. The Kier molecular flexibility index (Phi) is 5.47. The molecule has 3 aromatic heterocycles. The molecule has 1 aliphatic rings. The van der Waals surface area contributed by atoms with Gasteiger partial charge in [-0.2, -0.15) is 0 Å². The molecular formula is C24H22FN5O3. The lowest BCUT2D eigenvalue weighted by Gasteiger charge is -2.17. The topological polar surface area (TPSA) is 101 Å². The molecule has 0 spiro atoms. The summed E-state index contributed by atoms with van der Waals surface area (Å²) in [6, 6.07) is 12.5. The maximum absolute atomic E-state index is 13.2. The van der Waals surface area contributed by atoms with Crippen molar-refractivity contribution in [2.75, 3.05) is 6.61 Å². The molecule has 9 heteroatoms. The van der Waals surface area contributed by atoms with Crippen molar-refractivity contribution in [2.45, 2.75) is 32.0 Å². The van der Waals surface area contributed by atoms with Crippen LogP contribution in [0.25, 0.3) is 16.7 Å². The molecule has 2 N–H and O–H groups in total. The van der Waals surface area contributed by atoms with E-state index in [1.165, 1.54) is 22.6 Å². The van der Waals surface area contributed by atoms with Crippen molar-refractivity contribution in [3.8, 4) is 0 Å². The fourth-order valence-corrected chi connectivity index (χ4v) is 4.11. The van der Waals surface area contributed by atoms with Gasteiger partial charge in [0.15, 0.2) is 0 Å². The van der Waals surface area contributed by atoms with Crippen LogP contribution in [0.3, 0.4) is 0 Å². The van der Waals surface area contributed by atoms with Crippen molar-refractivity contribution < 1.29 is 13.9 Å². The van der Waals surface area contributed by atoms with Crippen molar-refractivity contribution >= 4 is 22.6 Å². The second-order valence-electron chi connectivity index (χ2n) is 8.04. The first-order valence-electron chi connectivity index (χ1n) is 10.7. The third kappa shape index (κ3) is 4.03. The van der Waals surface area contributed by atoms with Gasteiger partial charge in [0.1, 0.15) is 22.6 Å². The van der Waals surface area contributed by atoms with Crippen LogP contribution >= 0.6 is 0 Å². The van der Waals surface area contributed by atoms with Crippen molar-refractivity contribution in [1.29, 1.82) is 5.41 Å². The highest BCUT2D eigenvalue weighted by atomic mass is 19.1. The highest BCUT2D eigenvalue weighted by molar-refractivity contribution is 5.96. The van der Waals surface area contributed by atoms with E-state index < -0.39 is 5.91 Å². The monoisotopic (exact) mass is 447 g/mol. The first kappa shape index (κ1) is 21.0. The molecule has 0 saturated carbocycles. The largest absolute Gasteiger partial charge is 0.376 e. The second kappa shape index (κ2) is 8.59. The minimum absolute atomic E-state index is 0.0400. The number of amides is 1. The van der Waals surface area contributed by atoms with Crippen molar-refractivity contribution in [3.63, 3.8) is 0 Å². The number of nitrogens with zero attached hydrogens (tertiary/aromatic N) is 3. The van der Waals surface area contributed by atoms with Gasteiger partial charge in [0.05, 0.1) is 23.6 Å². The summed E-state index contributed by atoms with van der Waals surface area (Å²) in [6.45, 7) is 1.13. The number of benzene rings is 1. The molecule has 5 rings (SSSR count). The summed E-state index contributed by atoms with van der Waals surface area (Å²) < 4.78 is 21.9. The molecule has 1 aliphatic heterocycles. The molecule has 0 bridgehead atoms. The van der Waals surface area contributed by atoms with Crippen molar-refractivity contribution in [3.05, 3.63) is 87.5 Å². The third-order valence-electron chi connectivity index (χ3n) is 5.84. The van der Waals surface area contributed by atoms with Crippen LogP contribution < -0.4 is 16.4 Å². The van der Waals surface area contributed by atoms with Crippen LogP contribution in [0.1, 0.15) is 28.8 Å². The Morgan fingerprint density at radius 3 is 2.82 bits per heavy atom. The molecule has 1 aromatic carbocycles. The number of aromatic nitrogens is 3. The van der Waals surface area contributed by atoms with Gasteiger partial charge < -0.3 is 14.6 Å². The first-order chi connectivity index (χ1) is 16.0. The van der Waals surface area contributed by atoms with Crippen LogP contribution in [0.5, 0.6) is 0 Å². The molecule has 1 fully saturated rings. The van der Waals surface area contributed by atoms with E-state index in [9.17, 15) is 14.0 Å². The summed E-state index contributed by atoms with van der Waals surface area (Å²) in [5.41, 5.74) is 1.24. The van der Waals surface area contributed by atoms with Gasteiger partial charge in [-0.15, -0.1) is 0 Å². The number of nitrogens with one attached hydrogen (secondary N) is 2. The van der Waals surface area contributed by atoms with Crippen LogP contribution in [-0.4, -0.2) is 32.6 Å². The number of ether oxygens (including phenoxy) is 1. The van der Waals surface area contributed by atoms with E-state index in [2.05, 4.69) is 10.3 Å². The van der Waals surface area contributed by atoms with Crippen LogP contribution in [-0.2, 0) is 17.8 Å². The minimum Gasteiger partial charge on any atom is -0.376 e. The van der Waals surface area contributed by atoms with Gasteiger partial charge in [0, 0.05) is 19.3 Å². The number of hydrogen-bond donors (Lipinski definition) is 2. The predicted octanol–water partition coefficient (Wildman–Crippen LogP) is 2.38. The number of fused-ring (bicyclic) bond motifs is 2. The highest BCUT2D eigenvalue weighted by Crippen LogP contribution is 2.17. The average Bonchev–Trinajstić information content (AvgIpc) is 3.34. The van der Waals surface area contributed by atoms with E-state index >= 15 is 0 Å². The number of carbonyl (C=O) groups is 1. The van der Waals surface area contributed by atoms with Gasteiger partial charge in [-0.25, -0.2) is 9.37 Å². The lowest BCUT2D eigenvalue weighted by atomic mass is 10.1. The van der Waals surface area contributed by atoms with Gasteiger partial charge in [0.25, 0.3) is 11.5 Å². The Labute approximate surface area is 187 Å². The average molecular weight is 447 g/mol. The summed E-state index contributed by atoms with van der Waals surface area (Å²) >= 11 is 0. The maximum Gasteiger partial charge on any atom is 0.267 e. The quantitative estimate of drug-likeness (QED) is 0.459. The van der Waals surface area contributed by atoms with E-state index in [4.69, 9.17) is 10.1 Å². The van der Waals surface area contributed by atoms with E-state index in [0.717, 1.165) is 18.4 Å².